The largest absolute Gasteiger partial charge is 0.381 e. The summed E-state index contributed by atoms with van der Waals surface area (Å²) in [5, 5.41) is 8.04. The van der Waals surface area contributed by atoms with Gasteiger partial charge >= 0.3 is 0 Å². The Morgan fingerprint density at radius 3 is 2.74 bits per heavy atom. The summed E-state index contributed by atoms with van der Waals surface area (Å²) in [5.41, 5.74) is 4.82. The molecule has 1 aliphatic carbocycles. The molecule has 1 saturated heterocycles. The first-order chi connectivity index (χ1) is 12.9. The van der Waals surface area contributed by atoms with Crippen LogP contribution in [-0.2, 0) is 16.0 Å². The summed E-state index contributed by atoms with van der Waals surface area (Å²) in [6.07, 6.45) is 5.48. The van der Waals surface area contributed by atoms with E-state index in [4.69, 9.17) is 9.84 Å². The number of nitrogens with zero attached hydrogens (tertiary/aromatic N) is 2. The van der Waals surface area contributed by atoms with Gasteiger partial charge in [-0.25, -0.2) is 4.68 Å². The minimum absolute atomic E-state index is 0.0249. The van der Waals surface area contributed by atoms with Gasteiger partial charge in [-0.3, -0.25) is 4.79 Å². The highest BCUT2D eigenvalue weighted by molar-refractivity contribution is 5.79. The average molecular weight is 367 g/mol. The molecule has 2 aromatic rings. The molecule has 1 unspecified atom stereocenters. The molecule has 0 radical (unpaired) electrons. The van der Waals surface area contributed by atoms with E-state index in [0.29, 0.717) is 13.2 Å². The van der Waals surface area contributed by atoms with Gasteiger partial charge in [-0.15, -0.1) is 0 Å². The van der Waals surface area contributed by atoms with Gasteiger partial charge in [0.1, 0.15) is 0 Å². The number of aryl methyl sites for hydroxylation is 1. The predicted molar refractivity (Wildman–Crippen MR) is 105 cm³/mol. The number of carbonyl (C=O) groups is 1. The minimum Gasteiger partial charge on any atom is -0.381 e. The Kier molecular flexibility index (Phi) is 4.81. The average Bonchev–Trinajstić information content (AvgIpc) is 3.05. The molecule has 0 spiro atoms. The van der Waals surface area contributed by atoms with Crippen molar-refractivity contribution in [1.82, 2.24) is 15.1 Å². The summed E-state index contributed by atoms with van der Waals surface area (Å²) < 4.78 is 7.47. The van der Waals surface area contributed by atoms with Gasteiger partial charge < -0.3 is 10.1 Å². The minimum atomic E-state index is 0.0249. The molecule has 4 rings (SSSR count). The van der Waals surface area contributed by atoms with Crippen molar-refractivity contribution in [3.05, 3.63) is 47.3 Å². The van der Waals surface area contributed by atoms with Crippen molar-refractivity contribution in [3.63, 3.8) is 0 Å². The maximum absolute atomic E-state index is 12.8. The maximum atomic E-state index is 12.8. The topological polar surface area (TPSA) is 56.2 Å². The Labute approximate surface area is 161 Å². The fourth-order valence-electron chi connectivity index (χ4n) is 4.43. The van der Waals surface area contributed by atoms with Crippen LogP contribution in [0, 0.1) is 18.3 Å². The first-order valence-electron chi connectivity index (χ1n) is 9.95. The quantitative estimate of drug-likeness (QED) is 0.899. The zero-order chi connectivity index (χ0) is 19.0. The molecule has 1 aromatic heterocycles. The fourth-order valence-corrected chi connectivity index (χ4v) is 4.43. The molecule has 5 heteroatoms. The summed E-state index contributed by atoms with van der Waals surface area (Å²) in [6, 6.07) is 8.35. The van der Waals surface area contributed by atoms with E-state index in [0.717, 1.165) is 36.9 Å². The summed E-state index contributed by atoms with van der Waals surface area (Å²) in [4.78, 5) is 12.8. The smallest absolute Gasteiger partial charge is 0.223 e. The van der Waals surface area contributed by atoms with Crippen LogP contribution >= 0.6 is 0 Å². The predicted octanol–water partition coefficient (Wildman–Crippen LogP) is 3.74. The number of hydrogen-bond donors (Lipinski definition) is 1. The summed E-state index contributed by atoms with van der Waals surface area (Å²) in [7, 11) is 0. The number of hydrogen-bond acceptors (Lipinski definition) is 3. The van der Waals surface area contributed by atoms with E-state index in [1.54, 1.807) is 0 Å². The zero-order valence-corrected chi connectivity index (χ0v) is 16.5. The van der Waals surface area contributed by atoms with Crippen LogP contribution in [0.5, 0.6) is 0 Å². The Bertz CT molecular complexity index is 834. The van der Waals surface area contributed by atoms with E-state index in [9.17, 15) is 4.79 Å². The monoisotopic (exact) mass is 367 g/mol. The van der Waals surface area contributed by atoms with E-state index in [1.807, 2.05) is 6.20 Å². The molecule has 1 N–H and O–H groups in total. The van der Waals surface area contributed by atoms with Gasteiger partial charge in [0.2, 0.25) is 5.91 Å². The van der Waals surface area contributed by atoms with Crippen LogP contribution in [0.15, 0.2) is 30.5 Å². The lowest BCUT2D eigenvalue weighted by atomic mass is 9.74. The summed E-state index contributed by atoms with van der Waals surface area (Å²) in [5.74, 6) is 0.231. The number of carbonyl (C=O) groups excluding carboxylic acids is 1. The fraction of sp³-hybridized carbons (Fsp3) is 0.545. The van der Waals surface area contributed by atoms with Crippen LogP contribution in [0.25, 0.3) is 5.69 Å². The van der Waals surface area contributed by atoms with E-state index in [-0.39, 0.29) is 23.3 Å². The lowest BCUT2D eigenvalue weighted by molar-refractivity contribution is -0.128. The molecule has 1 aromatic carbocycles. The molecular formula is C22H29N3O2. The van der Waals surface area contributed by atoms with Crippen LogP contribution in [-0.4, -0.2) is 28.9 Å². The van der Waals surface area contributed by atoms with Crippen molar-refractivity contribution < 1.29 is 9.53 Å². The van der Waals surface area contributed by atoms with Crippen molar-refractivity contribution in [1.29, 1.82) is 0 Å². The molecule has 5 nitrogen and oxygen atoms in total. The highest BCUT2D eigenvalue weighted by Crippen LogP contribution is 2.41. The van der Waals surface area contributed by atoms with E-state index >= 15 is 0 Å². The number of nitrogens with one attached hydrogen (secondary N) is 1. The standard InChI is InChI=1S/C22H29N3O2/c1-15-6-4-5-7-19(15)25-20-13-22(2,3)12-18(17(20)14-23-25)24-21(26)16-8-10-27-11-9-16/h4-7,14,16,18H,8-13H2,1-3H3,(H,24,26). The second-order valence-electron chi connectivity index (χ2n) is 8.74. The van der Waals surface area contributed by atoms with E-state index in [2.05, 4.69) is 55.0 Å². The Balaban J connectivity index is 1.64. The van der Waals surface area contributed by atoms with Crippen molar-refractivity contribution in [3.8, 4) is 5.69 Å². The molecule has 1 atom stereocenters. The van der Waals surface area contributed by atoms with Crippen LogP contribution in [0.2, 0.25) is 0 Å². The van der Waals surface area contributed by atoms with Crippen molar-refractivity contribution >= 4 is 5.91 Å². The Hall–Kier alpha value is -2.14. The molecule has 27 heavy (non-hydrogen) atoms. The molecule has 1 fully saturated rings. The van der Waals surface area contributed by atoms with Gasteiger partial charge in [0.25, 0.3) is 0 Å². The number of amides is 1. The number of rotatable bonds is 3. The number of para-hydroxylation sites is 1. The highest BCUT2D eigenvalue weighted by Gasteiger charge is 2.37. The summed E-state index contributed by atoms with van der Waals surface area (Å²) >= 11 is 0. The lowest BCUT2D eigenvalue weighted by Crippen LogP contribution is -2.40. The third-order valence-corrected chi connectivity index (χ3v) is 5.93. The SMILES string of the molecule is Cc1ccccc1-n1ncc2c1CC(C)(C)CC2NC(=O)C1CCOCC1. The zero-order valence-electron chi connectivity index (χ0n) is 16.5. The number of aromatic nitrogens is 2. The molecule has 0 bridgehead atoms. The van der Waals surface area contributed by atoms with Crippen molar-refractivity contribution in [2.24, 2.45) is 11.3 Å². The van der Waals surface area contributed by atoms with E-state index in [1.165, 1.54) is 11.3 Å². The molecule has 1 aliphatic heterocycles. The molecule has 1 amide bonds. The van der Waals surface area contributed by atoms with Crippen LogP contribution in [0.4, 0.5) is 0 Å². The molecule has 0 saturated carbocycles. The highest BCUT2D eigenvalue weighted by atomic mass is 16.5. The van der Waals surface area contributed by atoms with Gasteiger partial charge in [-0.05, 0) is 49.7 Å². The van der Waals surface area contributed by atoms with Crippen molar-refractivity contribution in [2.45, 2.75) is 52.5 Å². The van der Waals surface area contributed by atoms with Gasteiger partial charge in [-0.2, -0.15) is 5.10 Å². The lowest BCUT2D eigenvalue weighted by Gasteiger charge is -2.36. The molecule has 144 valence electrons. The normalized spacial score (nSPS) is 22.3. The Morgan fingerprint density at radius 1 is 1.26 bits per heavy atom. The molecular weight excluding hydrogens is 338 g/mol. The van der Waals surface area contributed by atoms with E-state index < -0.39 is 0 Å². The van der Waals surface area contributed by atoms with Gasteiger partial charge in [0, 0.05) is 24.7 Å². The van der Waals surface area contributed by atoms with Crippen LogP contribution in [0.3, 0.4) is 0 Å². The Morgan fingerprint density at radius 2 is 2.00 bits per heavy atom. The van der Waals surface area contributed by atoms with Crippen LogP contribution < -0.4 is 5.32 Å². The van der Waals surface area contributed by atoms with Gasteiger partial charge in [0.05, 0.1) is 23.6 Å². The first kappa shape index (κ1) is 18.2. The molecule has 2 heterocycles. The van der Waals surface area contributed by atoms with Crippen LogP contribution in [0.1, 0.15) is 56.0 Å². The summed E-state index contributed by atoms with van der Waals surface area (Å²) in [6.45, 7) is 8.04. The second kappa shape index (κ2) is 7.12. The molecule has 2 aliphatic rings. The number of ether oxygens (including phenoxy) is 1. The first-order valence-corrected chi connectivity index (χ1v) is 9.95. The third kappa shape index (κ3) is 3.65. The van der Waals surface area contributed by atoms with Gasteiger partial charge in [-0.1, -0.05) is 32.0 Å². The third-order valence-electron chi connectivity index (χ3n) is 5.93. The van der Waals surface area contributed by atoms with Gasteiger partial charge in [0.15, 0.2) is 0 Å². The number of benzene rings is 1. The van der Waals surface area contributed by atoms with Crippen molar-refractivity contribution in [2.75, 3.05) is 13.2 Å². The maximum Gasteiger partial charge on any atom is 0.223 e. The second-order valence-corrected chi connectivity index (χ2v) is 8.74. The number of fused-ring (bicyclic) bond motifs is 1.